The molecule has 3 aromatic carbocycles. The number of hydrogen-bond donors (Lipinski definition) is 1. The molecule has 0 fully saturated rings. The van der Waals surface area contributed by atoms with E-state index in [-0.39, 0.29) is 17.3 Å². The minimum atomic E-state index is -4.16. The monoisotopic (exact) mass is 595 g/mol. The molecular formula is C27H28Cl3N3O4S. The van der Waals surface area contributed by atoms with E-state index in [4.69, 9.17) is 34.8 Å². The van der Waals surface area contributed by atoms with E-state index in [0.717, 1.165) is 10.7 Å². The number of nitrogens with zero attached hydrogens (tertiary/aromatic N) is 2. The van der Waals surface area contributed by atoms with Gasteiger partial charge in [0.05, 0.1) is 10.6 Å². The van der Waals surface area contributed by atoms with Crippen LogP contribution in [-0.4, -0.2) is 44.3 Å². The van der Waals surface area contributed by atoms with Crippen LogP contribution in [0.4, 0.5) is 5.69 Å². The highest BCUT2D eigenvalue weighted by Crippen LogP contribution is 2.27. The molecular weight excluding hydrogens is 569 g/mol. The average molecular weight is 597 g/mol. The zero-order valence-electron chi connectivity index (χ0n) is 20.9. The van der Waals surface area contributed by atoms with Gasteiger partial charge in [0.15, 0.2) is 0 Å². The van der Waals surface area contributed by atoms with Gasteiger partial charge in [0.25, 0.3) is 10.0 Å². The fourth-order valence-electron chi connectivity index (χ4n) is 3.67. The number of carbonyl (C=O) groups is 2. The molecule has 3 rings (SSSR count). The minimum absolute atomic E-state index is 0.0282. The molecule has 38 heavy (non-hydrogen) atoms. The molecule has 0 saturated carbocycles. The van der Waals surface area contributed by atoms with Crippen molar-refractivity contribution >= 4 is 62.3 Å². The van der Waals surface area contributed by atoms with Crippen molar-refractivity contribution in [3.05, 3.63) is 93.4 Å². The van der Waals surface area contributed by atoms with Gasteiger partial charge in [-0.15, -0.1) is 0 Å². The van der Waals surface area contributed by atoms with Gasteiger partial charge in [0, 0.05) is 28.2 Å². The third kappa shape index (κ3) is 7.41. The summed E-state index contributed by atoms with van der Waals surface area (Å²) in [7, 11) is -4.16. The van der Waals surface area contributed by atoms with Gasteiger partial charge in [-0.3, -0.25) is 13.9 Å². The van der Waals surface area contributed by atoms with Crippen LogP contribution in [0.2, 0.25) is 15.1 Å². The maximum Gasteiger partial charge on any atom is 0.264 e. The molecule has 0 aliphatic rings. The normalized spacial score (nSPS) is 12.0. The topological polar surface area (TPSA) is 86.8 Å². The number of benzene rings is 3. The van der Waals surface area contributed by atoms with Crippen molar-refractivity contribution in [3.63, 3.8) is 0 Å². The van der Waals surface area contributed by atoms with E-state index in [1.807, 2.05) is 6.92 Å². The molecule has 0 radical (unpaired) electrons. The minimum Gasteiger partial charge on any atom is -0.354 e. The van der Waals surface area contributed by atoms with E-state index in [0.29, 0.717) is 32.9 Å². The van der Waals surface area contributed by atoms with Crippen molar-refractivity contribution in [1.82, 2.24) is 10.2 Å². The number of nitrogens with one attached hydrogen (secondary N) is 1. The van der Waals surface area contributed by atoms with Crippen LogP contribution in [0.3, 0.4) is 0 Å². The summed E-state index contributed by atoms with van der Waals surface area (Å²) in [6.45, 7) is 3.37. The van der Waals surface area contributed by atoms with E-state index in [1.54, 1.807) is 55.5 Å². The van der Waals surface area contributed by atoms with Crippen molar-refractivity contribution in [2.45, 2.75) is 37.8 Å². The largest absolute Gasteiger partial charge is 0.354 e. The fourth-order valence-corrected chi connectivity index (χ4v) is 5.68. The molecule has 0 bridgehead atoms. The van der Waals surface area contributed by atoms with Crippen LogP contribution in [0.25, 0.3) is 0 Å². The van der Waals surface area contributed by atoms with Crippen LogP contribution < -0.4 is 9.62 Å². The van der Waals surface area contributed by atoms with Crippen LogP contribution in [0, 0.1) is 0 Å². The molecule has 0 aliphatic heterocycles. The lowest BCUT2D eigenvalue weighted by molar-refractivity contribution is -0.139. The molecule has 11 heteroatoms. The number of halogens is 3. The molecule has 0 aromatic heterocycles. The standard InChI is InChI=1S/C27H28Cl3N3O4S/c1-3-15-31-27(35)19(2)32(17-20-9-10-22(29)16-25(20)30)26(34)18-33(23-7-5-4-6-8-23)38(36,37)24-13-11-21(28)12-14-24/h4-14,16,19H,3,15,17-18H2,1-2H3,(H,31,35). The summed E-state index contributed by atoms with van der Waals surface area (Å²) in [5.41, 5.74) is 0.856. The Bertz CT molecular complexity index is 1370. The Morgan fingerprint density at radius 2 is 1.55 bits per heavy atom. The zero-order chi connectivity index (χ0) is 27.9. The van der Waals surface area contributed by atoms with Gasteiger partial charge in [-0.05, 0) is 67.4 Å². The lowest BCUT2D eigenvalue weighted by Crippen LogP contribution is -2.51. The number of anilines is 1. The second-order valence-electron chi connectivity index (χ2n) is 8.53. The van der Waals surface area contributed by atoms with Gasteiger partial charge in [-0.1, -0.05) is 66.0 Å². The van der Waals surface area contributed by atoms with Gasteiger partial charge in [-0.25, -0.2) is 8.42 Å². The number of rotatable bonds is 11. The lowest BCUT2D eigenvalue weighted by atomic mass is 10.1. The molecule has 1 atom stereocenters. The summed E-state index contributed by atoms with van der Waals surface area (Å²) < 4.78 is 28.4. The highest BCUT2D eigenvalue weighted by atomic mass is 35.5. The summed E-state index contributed by atoms with van der Waals surface area (Å²) in [5.74, 6) is -0.950. The number of sulfonamides is 1. The Morgan fingerprint density at radius 1 is 0.921 bits per heavy atom. The Hall–Kier alpha value is -2.78. The van der Waals surface area contributed by atoms with Crippen molar-refractivity contribution in [1.29, 1.82) is 0 Å². The van der Waals surface area contributed by atoms with Gasteiger partial charge in [0.1, 0.15) is 12.6 Å². The Balaban J connectivity index is 2.01. The molecule has 0 spiro atoms. The molecule has 1 N–H and O–H groups in total. The number of para-hydroxylation sites is 1. The van der Waals surface area contributed by atoms with Gasteiger partial charge in [-0.2, -0.15) is 0 Å². The summed E-state index contributed by atoms with van der Waals surface area (Å²) in [6, 6.07) is 17.9. The first-order valence-electron chi connectivity index (χ1n) is 11.9. The maximum atomic E-state index is 13.8. The molecule has 1 unspecified atom stereocenters. The van der Waals surface area contributed by atoms with Crippen molar-refractivity contribution in [2.24, 2.45) is 0 Å². The first-order valence-corrected chi connectivity index (χ1v) is 14.5. The van der Waals surface area contributed by atoms with Crippen LogP contribution >= 0.6 is 34.8 Å². The number of carbonyl (C=O) groups excluding carboxylic acids is 2. The number of amides is 2. The van der Waals surface area contributed by atoms with E-state index < -0.39 is 28.5 Å². The molecule has 202 valence electrons. The molecule has 2 amide bonds. The van der Waals surface area contributed by atoms with E-state index in [2.05, 4.69) is 5.32 Å². The van der Waals surface area contributed by atoms with Crippen LogP contribution in [0.5, 0.6) is 0 Å². The molecule has 0 aliphatic carbocycles. The average Bonchev–Trinajstić information content (AvgIpc) is 2.90. The zero-order valence-corrected chi connectivity index (χ0v) is 24.0. The van der Waals surface area contributed by atoms with Crippen molar-refractivity contribution in [2.75, 3.05) is 17.4 Å². The Morgan fingerprint density at radius 3 is 2.16 bits per heavy atom. The summed E-state index contributed by atoms with van der Waals surface area (Å²) in [4.78, 5) is 28.0. The third-order valence-corrected chi connectivity index (χ3v) is 8.42. The predicted molar refractivity (Wildman–Crippen MR) is 152 cm³/mol. The first-order chi connectivity index (χ1) is 18.0. The van der Waals surface area contributed by atoms with Crippen LogP contribution in [0.1, 0.15) is 25.8 Å². The number of hydrogen-bond acceptors (Lipinski definition) is 4. The van der Waals surface area contributed by atoms with E-state index in [9.17, 15) is 18.0 Å². The first kappa shape index (κ1) is 29.8. The van der Waals surface area contributed by atoms with Crippen molar-refractivity contribution in [3.8, 4) is 0 Å². The smallest absolute Gasteiger partial charge is 0.264 e. The van der Waals surface area contributed by atoms with E-state index in [1.165, 1.54) is 29.2 Å². The third-order valence-electron chi connectivity index (χ3n) is 5.80. The Kier molecular flexibility index (Phi) is 10.4. The van der Waals surface area contributed by atoms with Gasteiger partial charge < -0.3 is 10.2 Å². The van der Waals surface area contributed by atoms with Crippen molar-refractivity contribution < 1.29 is 18.0 Å². The second-order valence-corrected chi connectivity index (χ2v) is 11.7. The summed E-state index contributed by atoms with van der Waals surface area (Å²) in [5, 5.41) is 3.92. The van der Waals surface area contributed by atoms with Crippen LogP contribution in [0.15, 0.2) is 77.7 Å². The van der Waals surface area contributed by atoms with E-state index >= 15 is 0 Å². The molecule has 0 saturated heterocycles. The molecule has 0 heterocycles. The summed E-state index contributed by atoms with van der Waals surface area (Å²) >= 11 is 18.4. The summed E-state index contributed by atoms with van der Waals surface area (Å²) in [6.07, 6.45) is 0.719. The fraction of sp³-hybridized carbons (Fsp3) is 0.259. The second kappa shape index (κ2) is 13.3. The highest BCUT2D eigenvalue weighted by Gasteiger charge is 2.32. The molecule has 3 aromatic rings. The quantitative estimate of drug-likeness (QED) is 0.304. The van der Waals surface area contributed by atoms with Gasteiger partial charge in [0.2, 0.25) is 11.8 Å². The highest BCUT2D eigenvalue weighted by molar-refractivity contribution is 7.92. The SMILES string of the molecule is CCCNC(=O)C(C)N(Cc1ccc(Cl)cc1Cl)C(=O)CN(c1ccccc1)S(=O)(=O)c1ccc(Cl)cc1. The molecule has 7 nitrogen and oxygen atoms in total. The lowest BCUT2D eigenvalue weighted by Gasteiger charge is -2.32. The Labute approximate surface area is 238 Å². The van der Waals surface area contributed by atoms with Gasteiger partial charge >= 0.3 is 0 Å². The predicted octanol–water partition coefficient (Wildman–Crippen LogP) is 5.79. The van der Waals surface area contributed by atoms with Crippen LogP contribution in [-0.2, 0) is 26.2 Å². The maximum absolute atomic E-state index is 13.8.